The monoisotopic (exact) mass is 213 g/mol. The molecule has 1 aromatic heterocycles. The van der Waals surface area contributed by atoms with E-state index in [1.807, 2.05) is 0 Å². The largest absolute Gasteiger partial charge is 0.392 e. The lowest BCUT2D eigenvalue weighted by atomic mass is 10.1. The minimum atomic E-state index is -4.18. The first kappa shape index (κ1) is 9.90. The Labute approximate surface area is 83.5 Å². The molecule has 2 atom stereocenters. The molecule has 0 N–H and O–H groups in total. The molecule has 0 bridgehead atoms. The van der Waals surface area contributed by atoms with Crippen LogP contribution in [0.5, 0.6) is 0 Å². The highest BCUT2D eigenvalue weighted by Gasteiger charge is 2.56. The van der Waals surface area contributed by atoms with Crippen LogP contribution in [-0.2, 0) is 0 Å². The third kappa shape index (κ3) is 1.77. The zero-order valence-corrected chi connectivity index (χ0v) is 7.49. The minimum absolute atomic E-state index is 0.00532. The average Bonchev–Trinajstić information content (AvgIpc) is 2.96. The Bertz CT molecular complexity index is 421. The van der Waals surface area contributed by atoms with Crippen molar-refractivity contribution in [1.82, 2.24) is 10.2 Å². The van der Waals surface area contributed by atoms with Crippen LogP contribution in [0.4, 0.5) is 13.2 Å². The second kappa shape index (κ2) is 3.19. The maximum absolute atomic E-state index is 12.3. The van der Waals surface area contributed by atoms with E-state index in [0.29, 0.717) is 5.56 Å². The molecule has 0 aliphatic heterocycles. The molecule has 1 saturated carbocycles. The van der Waals surface area contributed by atoms with Gasteiger partial charge in [-0.05, 0) is 24.0 Å². The van der Waals surface area contributed by atoms with E-state index in [9.17, 15) is 13.2 Å². The zero-order valence-electron chi connectivity index (χ0n) is 7.49. The van der Waals surface area contributed by atoms with Crippen LogP contribution >= 0.6 is 0 Å². The van der Waals surface area contributed by atoms with E-state index >= 15 is 0 Å². The summed E-state index contributed by atoms with van der Waals surface area (Å²) in [6.07, 6.45) is -2.83. The number of hydrogen-bond acceptors (Lipinski definition) is 3. The molecule has 0 radical (unpaired) electrons. The van der Waals surface area contributed by atoms with Crippen molar-refractivity contribution in [1.29, 1.82) is 5.26 Å². The molecule has 2 rings (SSSR count). The molecule has 0 amide bonds. The highest BCUT2D eigenvalue weighted by atomic mass is 19.4. The second-order valence-corrected chi connectivity index (χ2v) is 3.44. The van der Waals surface area contributed by atoms with Crippen LogP contribution in [0.2, 0.25) is 0 Å². The van der Waals surface area contributed by atoms with Gasteiger partial charge < -0.3 is 0 Å². The fourth-order valence-electron chi connectivity index (χ4n) is 1.63. The van der Waals surface area contributed by atoms with Gasteiger partial charge in [-0.25, -0.2) is 0 Å². The number of nitrogens with zero attached hydrogens (tertiary/aromatic N) is 3. The maximum atomic E-state index is 12.3. The molecule has 78 valence electrons. The Balaban J connectivity index is 2.24. The Morgan fingerprint density at radius 2 is 2.20 bits per heavy atom. The van der Waals surface area contributed by atoms with Crippen molar-refractivity contribution in [3.63, 3.8) is 0 Å². The lowest BCUT2D eigenvalue weighted by Crippen LogP contribution is -2.12. The number of halogens is 3. The van der Waals surface area contributed by atoms with Crippen molar-refractivity contribution >= 4 is 0 Å². The molecule has 0 aromatic carbocycles. The Morgan fingerprint density at radius 1 is 1.47 bits per heavy atom. The zero-order chi connectivity index (χ0) is 11.1. The standard InChI is InChI=1S/C9H6F3N3/c10-9(11,12)7-3-6(7)5-1-2-14-15-8(5)4-13/h1-2,6-7H,3H2/t6-,7+/m1/s1. The first-order valence-corrected chi connectivity index (χ1v) is 4.32. The van der Waals surface area contributed by atoms with Gasteiger partial charge in [-0.2, -0.15) is 23.5 Å². The number of rotatable bonds is 1. The minimum Gasteiger partial charge on any atom is -0.191 e. The topological polar surface area (TPSA) is 49.6 Å². The first-order chi connectivity index (χ1) is 7.04. The van der Waals surface area contributed by atoms with Crippen LogP contribution in [0.3, 0.4) is 0 Å². The van der Waals surface area contributed by atoms with Crippen LogP contribution in [0.15, 0.2) is 12.3 Å². The summed E-state index contributed by atoms with van der Waals surface area (Å²) < 4.78 is 36.9. The smallest absolute Gasteiger partial charge is 0.191 e. The van der Waals surface area contributed by atoms with Crippen molar-refractivity contribution < 1.29 is 13.2 Å². The van der Waals surface area contributed by atoms with Crippen molar-refractivity contribution in [2.24, 2.45) is 5.92 Å². The van der Waals surface area contributed by atoms with E-state index < -0.39 is 18.0 Å². The summed E-state index contributed by atoms with van der Waals surface area (Å²) in [6.45, 7) is 0. The predicted molar refractivity (Wildman–Crippen MR) is 43.7 cm³/mol. The molecule has 15 heavy (non-hydrogen) atoms. The normalized spacial score (nSPS) is 24.7. The van der Waals surface area contributed by atoms with Gasteiger partial charge in [0.2, 0.25) is 0 Å². The highest BCUT2D eigenvalue weighted by molar-refractivity contribution is 5.36. The third-order valence-electron chi connectivity index (χ3n) is 2.47. The van der Waals surface area contributed by atoms with Gasteiger partial charge in [-0.15, -0.1) is 5.10 Å². The van der Waals surface area contributed by atoms with Crippen LogP contribution in [-0.4, -0.2) is 16.4 Å². The van der Waals surface area contributed by atoms with Crippen molar-refractivity contribution in [2.45, 2.75) is 18.5 Å². The van der Waals surface area contributed by atoms with Gasteiger partial charge in [0.25, 0.3) is 0 Å². The van der Waals surface area contributed by atoms with Crippen LogP contribution in [0.25, 0.3) is 0 Å². The number of alkyl halides is 3. The van der Waals surface area contributed by atoms with E-state index in [0.717, 1.165) is 0 Å². The molecule has 0 unspecified atom stereocenters. The summed E-state index contributed by atoms with van der Waals surface area (Å²) in [6, 6.07) is 3.18. The van der Waals surface area contributed by atoms with Gasteiger partial charge in [0.1, 0.15) is 6.07 Å². The van der Waals surface area contributed by atoms with E-state index in [4.69, 9.17) is 5.26 Å². The molecule has 1 fully saturated rings. The van der Waals surface area contributed by atoms with E-state index in [2.05, 4.69) is 10.2 Å². The van der Waals surface area contributed by atoms with Crippen molar-refractivity contribution in [3.8, 4) is 6.07 Å². The molecule has 1 aromatic rings. The Morgan fingerprint density at radius 3 is 2.73 bits per heavy atom. The molecule has 3 nitrogen and oxygen atoms in total. The maximum Gasteiger partial charge on any atom is 0.392 e. The Kier molecular flexibility index (Phi) is 2.11. The molecule has 0 saturated heterocycles. The summed E-state index contributed by atoms with van der Waals surface area (Å²) in [5.74, 6) is -1.94. The molecule has 6 heteroatoms. The fraction of sp³-hybridized carbons (Fsp3) is 0.444. The molecule has 1 aliphatic carbocycles. The number of aromatic nitrogens is 2. The summed E-state index contributed by atoms with van der Waals surface area (Å²) in [5, 5.41) is 15.6. The first-order valence-electron chi connectivity index (χ1n) is 4.32. The summed E-state index contributed by atoms with van der Waals surface area (Å²) in [7, 11) is 0. The van der Waals surface area contributed by atoms with Gasteiger partial charge in [0.05, 0.1) is 5.92 Å². The number of nitriles is 1. The summed E-state index contributed by atoms with van der Waals surface area (Å²) in [4.78, 5) is 0. The van der Waals surface area contributed by atoms with Gasteiger partial charge >= 0.3 is 6.18 Å². The van der Waals surface area contributed by atoms with Gasteiger partial charge in [0.15, 0.2) is 5.69 Å². The van der Waals surface area contributed by atoms with E-state index in [-0.39, 0.29) is 12.1 Å². The van der Waals surface area contributed by atoms with Gasteiger partial charge in [-0.1, -0.05) is 0 Å². The molecule has 1 heterocycles. The molecular formula is C9H6F3N3. The summed E-state index contributed by atoms with van der Waals surface area (Å²) >= 11 is 0. The molecule has 1 aliphatic rings. The second-order valence-electron chi connectivity index (χ2n) is 3.44. The average molecular weight is 213 g/mol. The van der Waals surface area contributed by atoms with Crippen molar-refractivity contribution in [3.05, 3.63) is 23.5 Å². The van der Waals surface area contributed by atoms with Crippen LogP contribution in [0.1, 0.15) is 23.6 Å². The lowest BCUT2D eigenvalue weighted by Gasteiger charge is -2.05. The highest BCUT2D eigenvalue weighted by Crippen LogP contribution is 2.56. The third-order valence-corrected chi connectivity index (χ3v) is 2.47. The van der Waals surface area contributed by atoms with Crippen LogP contribution < -0.4 is 0 Å². The van der Waals surface area contributed by atoms with Crippen LogP contribution in [0, 0.1) is 17.2 Å². The predicted octanol–water partition coefficient (Wildman–Crippen LogP) is 2.01. The quantitative estimate of drug-likeness (QED) is 0.716. The summed E-state index contributed by atoms with van der Waals surface area (Å²) in [5.41, 5.74) is 0.351. The lowest BCUT2D eigenvalue weighted by molar-refractivity contribution is -0.148. The fourth-order valence-corrected chi connectivity index (χ4v) is 1.63. The van der Waals surface area contributed by atoms with E-state index in [1.54, 1.807) is 6.07 Å². The van der Waals surface area contributed by atoms with Gasteiger partial charge in [0, 0.05) is 6.20 Å². The molecule has 0 spiro atoms. The van der Waals surface area contributed by atoms with Gasteiger partial charge in [-0.3, -0.25) is 0 Å². The Hall–Kier alpha value is -1.64. The molecular weight excluding hydrogens is 207 g/mol. The number of hydrogen-bond donors (Lipinski definition) is 0. The SMILES string of the molecule is N#Cc1nnccc1[C@H]1C[C@@H]1C(F)(F)F. The van der Waals surface area contributed by atoms with E-state index in [1.165, 1.54) is 12.3 Å². The van der Waals surface area contributed by atoms with Crippen molar-refractivity contribution in [2.75, 3.05) is 0 Å².